The predicted octanol–water partition coefficient (Wildman–Crippen LogP) is -0.0540. The van der Waals surface area contributed by atoms with Crippen LogP contribution in [0.15, 0.2) is 4.52 Å². The molecular weight excluding hydrogens is 188 g/mol. The van der Waals surface area contributed by atoms with Gasteiger partial charge in [0.25, 0.3) is 5.88 Å². The van der Waals surface area contributed by atoms with Crippen molar-refractivity contribution in [1.29, 1.82) is 0 Å². The molecule has 1 atom stereocenters. The van der Waals surface area contributed by atoms with E-state index in [1.807, 2.05) is 0 Å². The van der Waals surface area contributed by atoms with Crippen LogP contribution in [-0.2, 0) is 11.2 Å². The standard InChI is InChI=1S/C8H12N2O4/c1-4-6(3-5(9)8(11)12)14-10-7(4)13-2/h5H,3,9H2,1-2H3,(H,11,12). The van der Waals surface area contributed by atoms with Crippen LogP contribution in [0.1, 0.15) is 11.3 Å². The van der Waals surface area contributed by atoms with Crippen LogP contribution in [0.4, 0.5) is 0 Å². The number of carbonyl (C=O) groups is 1. The van der Waals surface area contributed by atoms with E-state index in [4.69, 9.17) is 20.1 Å². The molecule has 0 aliphatic heterocycles. The van der Waals surface area contributed by atoms with Crippen molar-refractivity contribution >= 4 is 5.97 Å². The van der Waals surface area contributed by atoms with Gasteiger partial charge in [0.1, 0.15) is 11.8 Å². The fraction of sp³-hybridized carbons (Fsp3) is 0.500. The van der Waals surface area contributed by atoms with E-state index < -0.39 is 12.0 Å². The van der Waals surface area contributed by atoms with E-state index in [-0.39, 0.29) is 6.42 Å². The lowest BCUT2D eigenvalue weighted by molar-refractivity contribution is -0.138. The summed E-state index contributed by atoms with van der Waals surface area (Å²) in [4.78, 5) is 10.5. The summed E-state index contributed by atoms with van der Waals surface area (Å²) in [5.74, 6) is -0.269. The number of methoxy groups -OCH3 is 1. The number of aliphatic carboxylic acids is 1. The molecule has 6 heteroatoms. The minimum atomic E-state index is -1.07. The maximum atomic E-state index is 10.5. The van der Waals surface area contributed by atoms with Crippen LogP contribution in [0, 0.1) is 6.92 Å². The number of nitrogens with zero attached hydrogens (tertiary/aromatic N) is 1. The highest BCUT2D eigenvalue weighted by Gasteiger charge is 2.19. The van der Waals surface area contributed by atoms with Crippen molar-refractivity contribution in [3.8, 4) is 5.88 Å². The summed E-state index contributed by atoms with van der Waals surface area (Å²) in [6.07, 6.45) is 0.109. The molecule has 1 rings (SSSR count). The molecule has 0 radical (unpaired) electrons. The first kappa shape index (κ1) is 10.5. The number of ether oxygens (including phenoxy) is 1. The van der Waals surface area contributed by atoms with Crippen molar-refractivity contribution in [2.24, 2.45) is 5.73 Å². The Bertz CT molecular complexity index is 334. The predicted molar refractivity (Wildman–Crippen MR) is 47.1 cm³/mol. The zero-order chi connectivity index (χ0) is 10.7. The molecule has 0 fully saturated rings. The number of hydrogen-bond acceptors (Lipinski definition) is 5. The van der Waals surface area contributed by atoms with E-state index in [9.17, 15) is 4.79 Å². The van der Waals surface area contributed by atoms with Crippen LogP contribution in [0.25, 0.3) is 0 Å². The van der Waals surface area contributed by atoms with Gasteiger partial charge < -0.3 is 20.1 Å². The third-order valence-electron chi connectivity index (χ3n) is 1.89. The monoisotopic (exact) mass is 200 g/mol. The zero-order valence-electron chi connectivity index (χ0n) is 7.98. The van der Waals surface area contributed by atoms with Crippen LogP contribution in [0.2, 0.25) is 0 Å². The molecule has 0 aromatic carbocycles. The quantitative estimate of drug-likeness (QED) is 0.706. The zero-order valence-corrected chi connectivity index (χ0v) is 7.98. The molecule has 1 unspecified atom stereocenters. The van der Waals surface area contributed by atoms with Gasteiger partial charge in [-0.2, -0.15) is 0 Å². The highest BCUT2D eigenvalue weighted by atomic mass is 16.5. The van der Waals surface area contributed by atoms with Gasteiger partial charge in [0.05, 0.1) is 12.7 Å². The van der Waals surface area contributed by atoms with Crippen molar-refractivity contribution in [2.75, 3.05) is 7.11 Å². The van der Waals surface area contributed by atoms with Gasteiger partial charge >= 0.3 is 5.97 Å². The Kier molecular flexibility index (Phi) is 3.08. The van der Waals surface area contributed by atoms with Crippen LogP contribution in [0.5, 0.6) is 5.88 Å². The first-order chi connectivity index (χ1) is 6.56. The molecule has 6 nitrogen and oxygen atoms in total. The summed E-state index contributed by atoms with van der Waals surface area (Å²) in [5, 5.41) is 12.2. The topological polar surface area (TPSA) is 98.6 Å². The molecule has 78 valence electrons. The molecule has 0 aliphatic carbocycles. The summed E-state index contributed by atoms with van der Waals surface area (Å²) in [6.45, 7) is 1.74. The van der Waals surface area contributed by atoms with Crippen LogP contribution < -0.4 is 10.5 Å². The molecule has 3 N–H and O–H groups in total. The number of carboxylic acids is 1. The Morgan fingerprint density at radius 3 is 2.86 bits per heavy atom. The Labute approximate surface area is 80.6 Å². The second-order valence-electron chi connectivity index (χ2n) is 2.89. The van der Waals surface area contributed by atoms with E-state index in [1.165, 1.54) is 7.11 Å². The average Bonchev–Trinajstić information content (AvgIpc) is 2.47. The fourth-order valence-electron chi connectivity index (χ4n) is 1.02. The summed E-state index contributed by atoms with van der Waals surface area (Å²) < 4.78 is 9.76. The summed E-state index contributed by atoms with van der Waals surface area (Å²) in [5.41, 5.74) is 6.02. The lowest BCUT2D eigenvalue weighted by Gasteiger charge is -2.02. The second-order valence-corrected chi connectivity index (χ2v) is 2.89. The summed E-state index contributed by atoms with van der Waals surface area (Å²) in [7, 11) is 1.46. The molecule has 0 saturated heterocycles. The van der Waals surface area contributed by atoms with Crippen LogP contribution >= 0.6 is 0 Å². The van der Waals surface area contributed by atoms with Crippen molar-refractivity contribution in [2.45, 2.75) is 19.4 Å². The largest absolute Gasteiger partial charge is 0.480 e. The van der Waals surface area contributed by atoms with E-state index in [1.54, 1.807) is 6.92 Å². The summed E-state index contributed by atoms with van der Waals surface area (Å²) in [6, 6.07) is -0.980. The summed E-state index contributed by atoms with van der Waals surface area (Å²) >= 11 is 0. The maximum absolute atomic E-state index is 10.5. The minimum absolute atomic E-state index is 0.109. The highest BCUT2D eigenvalue weighted by molar-refractivity contribution is 5.73. The first-order valence-electron chi connectivity index (χ1n) is 4.03. The van der Waals surface area contributed by atoms with Crippen molar-refractivity contribution in [3.63, 3.8) is 0 Å². The highest BCUT2D eigenvalue weighted by Crippen LogP contribution is 2.20. The fourth-order valence-corrected chi connectivity index (χ4v) is 1.02. The van der Waals surface area contributed by atoms with Gasteiger partial charge in [-0.15, -0.1) is 0 Å². The Morgan fingerprint density at radius 1 is 1.79 bits per heavy atom. The smallest absolute Gasteiger partial charge is 0.320 e. The number of rotatable bonds is 4. The molecular formula is C8H12N2O4. The minimum Gasteiger partial charge on any atom is -0.480 e. The van der Waals surface area contributed by atoms with E-state index in [0.29, 0.717) is 17.2 Å². The van der Waals surface area contributed by atoms with Crippen molar-refractivity contribution in [3.05, 3.63) is 11.3 Å². The Hall–Kier alpha value is -1.56. The molecule has 1 aromatic heterocycles. The average molecular weight is 200 g/mol. The molecule has 0 aliphatic rings. The van der Waals surface area contributed by atoms with Crippen LogP contribution in [-0.4, -0.2) is 29.4 Å². The van der Waals surface area contributed by atoms with E-state index >= 15 is 0 Å². The number of aromatic nitrogens is 1. The van der Waals surface area contributed by atoms with Gasteiger partial charge in [-0.1, -0.05) is 0 Å². The van der Waals surface area contributed by atoms with Gasteiger partial charge in [-0.05, 0) is 12.1 Å². The lowest BCUT2D eigenvalue weighted by Crippen LogP contribution is -2.32. The maximum Gasteiger partial charge on any atom is 0.320 e. The van der Waals surface area contributed by atoms with Gasteiger partial charge in [-0.25, -0.2) is 0 Å². The van der Waals surface area contributed by atoms with Crippen LogP contribution in [0.3, 0.4) is 0 Å². The molecule has 0 amide bonds. The van der Waals surface area contributed by atoms with Gasteiger partial charge in [-0.3, -0.25) is 4.79 Å². The Balaban J connectivity index is 2.77. The molecule has 0 saturated carbocycles. The van der Waals surface area contributed by atoms with Crippen molar-refractivity contribution < 1.29 is 19.2 Å². The third kappa shape index (κ3) is 2.02. The van der Waals surface area contributed by atoms with Gasteiger partial charge in [0, 0.05) is 6.42 Å². The SMILES string of the molecule is COc1noc(CC(N)C(=O)O)c1C. The molecule has 0 spiro atoms. The first-order valence-corrected chi connectivity index (χ1v) is 4.03. The number of nitrogens with two attached hydrogens (primary N) is 1. The van der Waals surface area contributed by atoms with Crippen molar-refractivity contribution in [1.82, 2.24) is 5.16 Å². The lowest BCUT2D eigenvalue weighted by atomic mass is 10.1. The second kappa shape index (κ2) is 4.10. The molecule has 14 heavy (non-hydrogen) atoms. The molecule has 0 bridgehead atoms. The third-order valence-corrected chi connectivity index (χ3v) is 1.89. The Morgan fingerprint density at radius 2 is 2.43 bits per heavy atom. The number of hydrogen-bond donors (Lipinski definition) is 2. The molecule has 1 heterocycles. The van der Waals surface area contributed by atoms with Gasteiger partial charge in [0.15, 0.2) is 0 Å². The van der Waals surface area contributed by atoms with E-state index in [2.05, 4.69) is 5.16 Å². The number of carboxylic acid groups (broad SMARTS) is 1. The normalized spacial score (nSPS) is 12.5. The van der Waals surface area contributed by atoms with Gasteiger partial charge in [0.2, 0.25) is 0 Å². The van der Waals surface area contributed by atoms with E-state index in [0.717, 1.165) is 0 Å². The molecule has 1 aromatic rings.